The number of amides is 1. The second-order valence-electron chi connectivity index (χ2n) is 6.25. The SMILES string of the molecule is Cc1ccc(C)c(NC(=O)COC(=O)[C@H](C)NS(=O)(=O)c2ccccc2F)c1. The van der Waals surface area contributed by atoms with E-state index in [4.69, 9.17) is 4.74 Å². The molecule has 0 heterocycles. The number of rotatable bonds is 7. The van der Waals surface area contributed by atoms with Crippen molar-refractivity contribution in [3.8, 4) is 0 Å². The van der Waals surface area contributed by atoms with Gasteiger partial charge in [-0.2, -0.15) is 4.72 Å². The van der Waals surface area contributed by atoms with Crippen molar-refractivity contribution in [2.45, 2.75) is 31.7 Å². The van der Waals surface area contributed by atoms with Crippen LogP contribution >= 0.6 is 0 Å². The summed E-state index contributed by atoms with van der Waals surface area (Å²) in [7, 11) is -4.26. The standard InChI is InChI=1S/C19H21FN2O5S/c1-12-8-9-13(2)16(10-12)21-18(23)11-27-19(24)14(3)22-28(25,26)17-7-5-4-6-15(17)20/h4-10,14,22H,11H2,1-3H3,(H,21,23)/t14-/m0/s1. The van der Waals surface area contributed by atoms with Gasteiger partial charge in [-0.25, -0.2) is 12.8 Å². The molecule has 7 nitrogen and oxygen atoms in total. The lowest BCUT2D eigenvalue weighted by molar-refractivity contribution is -0.148. The van der Waals surface area contributed by atoms with Crippen LogP contribution in [-0.2, 0) is 24.3 Å². The van der Waals surface area contributed by atoms with Gasteiger partial charge in [-0.3, -0.25) is 9.59 Å². The zero-order chi connectivity index (χ0) is 20.9. The van der Waals surface area contributed by atoms with Crippen LogP contribution < -0.4 is 10.0 Å². The van der Waals surface area contributed by atoms with Gasteiger partial charge in [0.2, 0.25) is 10.0 Å². The molecule has 150 valence electrons. The molecule has 2 N–H and O–H groups in total. The van der Waals surface area contributed by atoms with Gasteiger partial charge in [0.05, 0.1) is 0 Å². The Morgan fingerprint density at radius 2 is 1.82 bits per heavy atom. The molecule has 2 aromatic rings. The molecule has 2 rings (SSSR count). The van der Waals surface area contributed by atoms with Crippen LogP contribution in [0.2, 0.25) is 0 Å². The minimum Gasteiger partial charge on any atom is -0.454 e. The third-order valence-corrected chi connectivity index (χ3v) is 5.40. The van der Waals surface area contributed by atoms with Crippen molar-refractivity contribution < 1.29 is 27.1 Å². The first kappa shape index (κ1) is 21.5. The van der Waals surface area contributed by atoms with Gasteiger partial charge in [0.1, 0.15) is 16.8 Å². The number of esters is 1. The van der Waals surface area contributed by atoms with Gasteiger partial charge in [-0.15, -0.1) is 0 Å². The van der Waals surface area contributed by atoms with Crippen LogP contribution in [0, 0.1) is 19.7 Å². The molecule has 0 saturated carbocycles. The summed E-state index contributed by atoms with van der Waals surface area (Å²) in [5.74, 6) is -2.47. The summed E-state index contributed by atoms with van der Waals surface area (Å²) in [6, 6.07) is 8.99. The fourth-order valence-electron chi connectivity index (χ4n) is 2.33. The van der Waals surface area contributed by atoms with Gasteiger partial charge >= 0.3 is 5.97 Å². The third-order valence-electron chi connectivity index (χ3n) is 3.82. The lowest BCUT2D eigenvalue weighted by Crippen LogP contribution is -2.40. The largest absolute Gasteiger partial charge is 0.454 e. The quantitative estimate of drug-likeness (QED) is 0.685. The highest BCUT2D eigenvalue weighted by Gasteiger charge is 2.25. The number of benzene rings is 2. The molecule has 0 aliphatic heterocycles. The Bertz CT molecular complexity index is 992. The highest BCUT2D eigenvalue weighted by atomic mass is 32.2. The van der Waals surface area contributed by atoms with Gasteiger partial charge in [-0.1, -0.05) is 24.3 Å². The van der Waals surface area contributed by atoms with Crippen LogP contribution in [0.15, 0.2) is 47.4 Å². The van der Waals surface area contributed by atoms with Crippen LogP contribution in [0.25, 0.3) is 0 Å². The minimum absolute atomic E-state index is 0.564. The molecule has 9 heteroatoms. The normalized spacial score (nSPS) is 12.3. The monoisotopic (exact) mass is 408 g/mol. The number of nitrogens with one attached hydrogen (secondary N) is 2. The zero-order valence-electron chi connectivity index (χ0n) is 15.7. The molecule has 0 aliphatic carbocycles. The van der Waals surface area contributed by atoms with E-state index in [0.717, 1.165) is 23.3 Å². The van der Waals surface area contributed by atoms with Crippen LogP contribution in [0.3, 0.4) is 0 Å². The molecule has 1 amide bonds. The molecule has 0 aromatic heterocycles. The van der Waals surface area contributed by atoms with Crippen molar-refractivity contribution in [1.82, 2.24) is 4.72 Å². The first-order valence-electron chi connectivity index (χ1n) is 8.41. The zero-order valence-corrected chi connectivity index (χ0v) is 16.5. The van der Waals surface area contributed by atoms with E-state index in [0.29, 0.717) is 5.69 Å². The molecular weight excluding hydrogens is 387 g/mol. The predicted molar refractivity (Wildman–Crippen MR) is 102 cm³/mol. The second-order valence-corrected chi connectivity index (χ2v) is 7.93. The summed E-state index contributed by atoms with van der Waals surface area (Å²) in [6.07, 6.45) is 0. The number of hydrogen-bond acceptors (Lipinski definition) is 5. The maximum absolute atomic E-state index is 13.7. The van der Waals surface area contributed by atoms with E-state index < -0.39 is 45.3 Å². The Labute approximate surface area is 163 Å². The minimum atomic E-state index is -4.26. The maximum Gasteiger partial charge on any atom is 0.324 e. The van der Waals surface area contributed by atoms with Crippen molar-refractivity contribution in [3.05, 3.63) is 59.4 Å². The first-order chi connectivity index (χ1) is 13.1. The molecule has 0 saturated heterocycles. The van der Waals surface area contributed by atoms with Crippen LogP contribution in [0.4, 0.5) is 10.1 Å². The van der Waals surface area contributed by atoms with E-state index in [1.165, 1.54) is 19.1 Å². The fourth-order valence-corrected chi connectivity index (χ4v) is 3.60. The number of anilines is 1. The third kappa shape index (κ3) is 5.61. The van der Waals surface area contributed by atoms with Crippen LogP contribution in [-0.4, -0.2) is 32.9 Å². The van der Waals surface area contributed by atoms with Crippen molar-refractivity contribution in [3.63, 3.8) is 0 Å². The number of hydrogen-bond donors (Lipinski definition) is 2. The van der Waals surface area contributed by atoms with E-state index in [9.17, 15) is 22.4 Å². The summed E-state index contributed by atoms with van der Waals surface area (Å²) in [5.41, 5.74) is 2.39. The smallest absolute Gasteiger partial charge is 0.324 e. The Balaban J connectivity index is 1.92. The number of carbonyl (C=O) groups is 2. The average molecular weight is 408 g/mol. The molecular formula is C19H21FN2O5S. The van der Waals surface area contributed by atoms with Crippen molar-refractivity contribution in [2.24, 2.45) is 0 Å². The molecule has 0 bridgehead atoms. The second kappa shape index (κ2) is 8.94. The maximum atomic E-state index is 13.7. The number of carbonyl (C=O) groups excluding carboxylic acids is 2. The fraction of sp³-hybridized carbons (Fsp3) is 0.263. The van der Waals surface area contributed by atoms with Gasteiger partial charge in [0, 0.05) is 5.69 Å². The molecule has 2 aromatic carbocycles. The Hall–Kier alpha value is -2.78. The Morgan fingerprint density at radius 3 is 2.50 bits per heavy atom. The molecule has 0 unspecified atom stereocenters. The van der Waals surface area contributed by atoms with Gasteiger partial charge < -0.3 is 10.1 Å². The van der Waals surface area contributed by atoms with Crippen molar-refractivity contribution in [2.75, 3.05) is 11.9 Å². The Kier molecular flexibility index (Phi) is 6.87. The highest BCUT2D eigenvalue weighted by Crippen LogP contribution is 2.16. The van der Waals surface area contributed by atoms with Crippen molar-refractivity contribution >= 4 is 27.6 Å². The predicted octanol–water partition coefficient (Wildman–Crippen LogP) is 2.29. The highest BCUT2D eigenvalue weighted by molar-refractivity contribution is 7.89. The van der Waals surface area contributed by atoms with E-state index in [2.05, 4.69) is 5.32 Å². The summed E-state index contributed by atoms with van der Waals surface area (Å²) >= 11 is 0. The molecule has 28 heavy (non-hydrogen) atoms. The van der Waals surface area contributed by atoms with E-state index in [1.807, 2.05) is 30.7 Å². The Morgan fingerprint density at radius 1 is 1.14 bits per heavy atom. The van der Waals surface area contributed by atoms with Gasteiger partial charge in [0.15, 0.2) is 6.61 Å². The molecule has 0 spiro atoms. The topological polar surface area (TPSA) is 102 Å². The molecule has 0 fully saturated rings. The van der Waals surface area contributed by atoms with E-state index >= 15 is 0 Å². The van der Waals surface area contributed by atoms with Gasteiger partial charge in [0.25, 0.3) is 5.91 Å². The van der Waals surface area contributed by atoms with Crippen LogP contribution in [0.5, 0.6) is 0 Å². The summed E-state index contributed by atoms with van der Waals surface area (Å²) in [4.78, 5) is 23.4. The van der Waals surface area contributed by atoms with Gasteiger partial charge in [-0.05, 0) is 50.1 Å². The lowest BCUT2D eigenvalue weighted by Gasteiger charge is -2.14. The summed E-state index contributed by atoms with van der Waals surface area (Å²) in [5, 5.41) is 2.62. The molecule has 1 atom stereocenters. The average Bonchev–Trinajstić information content (AvgIpc) is 2.62. The first-order valence-corrected chi connectivity index (χ1v) is 9.89. The molecule has 0 radical (unpaired) electrons. The lowest BCUT2D eigenvalue weighted by atomic mass is 10.1. The number of sulfonamides is 1. The number of aryl methyl sites for hydroxylation is 2. The van der Waals surface area contributed by atoms with Crippen LogP contribution in [0.1, 0.15) is 18.1 Å². The number of ether oxygens (including phenoxy) is 1. The number of halogens is 1. The van der Waals surface area contributed by atoms with Crippen molar-refractivity contribution in [1.29, 1.82) is 0 Å². The molecule has 0 aliphatic rings. The summed E-state index contributed by atoms with van der Waals surface area (Å²) < 4.78 is 44.9. The van der Waals surface area contributed by atoms with E-state index in [1.54, 1.807) is 6.07 Å². The van der Waals surface area contributed by atoms with E-state index in [-0.39, 0.29) is 0 Å². The summed E-state index contributed by atoms with van der Waals surface area (Å²) in [6.45, 7) is 4.35.